The molecule has 0 amide bonds. The van der Waals surface area contributed by atoms with Gasteiger partial charge in [0, 0.05) is 24.6 Å². The van der Waals surface area contributed by atoms with Gasteiger partial charge in [-0.1, -0.05) is 44.2 Å². The molecule has 0 aliphatic rings. The third-order valence-corrected chi connectivity index (χ3v) is 6.04. The van der Waals surface area contributed by atoms with Crippen LogP contribution in [0.5, 0.6) is 0 Å². The van der Waals surface area contributed by atoms with E-state index in [4.69, 9.17) is 9.72 Å². The lowest BCUT2D eigenvalue weighted by Gasteiger charge is -2.25. The van der Waals surface area contributed by atoms with Crippen LogP contribution in [0, 0.1) is 19.8 Å². The number of aromatic nitrogens is 2. The number of aromatic amines is 1. The van der Waals surface area contributed by atoms with Crippen molar-refractivity contribution in [2.24, 2.45) is 5.92 Å². The standard InChI is InChI=1S/C23H31N3O3S/c1-15(2)13-29-14-19(27)11-26(10-18-8-6-5-7-9-18)12-20-24-22(28)21-16(3)17(4)30-23(21)25-20/h5-9,15,19,27H,10-14H2,1-4H3,(H,24,25,28). The van der Waals surface area contributed by atoms with Crippen LogP contribution < -0.4 is 5.56 Å². The van der Waals surface area contributed by atoms with Crippen molar-refractivity contribution in [3.05, 3.63) is 62.5 Å². The first kappa shape index (κ1) is 22.6. The first-order chi connectivity index (χ1) is 14.3. The summed E-state index contributed by atoms with van der Waals surface area (Å²) in [5.41, 5.74) is 2.03. The van der Waals surface area contributed by atoms with E-state index in [9.17, 15) is 9.90 Å². The van der Waals surface area contributed by atoms with Gasteiger partial charge in [0.2, 0.25) is 0 Å². The molecule has 0 aliphatic carbocycles. The minimum absolute atomic E-state index is 0.0997. The molecule has 30 heavy (non-hydrogen) atoms. The average molecular weight is 430 g/mol. The van der Waals surface area contributed by atoms with E-state index >= 15 is 0 Å². The maximum atomic E-state index is 12.6. The topological polar surface area (TPSA) is 78.5 Å². The molecule has 0 aliphatic heterocycles. The molecular formula is C23H31N3O3S. The van der Waals surface area contributed by atoms with Crippen LogP contribution in [0.4, 0.5) is 0 Å². The molecule has 6 nitrogen and oxygen atoms in total. The number of aliphatic hydroxyl groups is 1. The van der Waals surface area contributed by atoms with Crippen molar-refractivity contribution in [2.45, 2.75) is 46.9 Å². The summed E-state index contributed by atoms with van der Waals surface area (Å²) in [4.78, 5) is 24.2. The molecule has 0 saturated heterocycles. The van der Waals surface area contributed by atoms with Gasteiger partial charge >= 0.3 is 0 Å². The highest BCUT2D eigenvalue weighted by molar-refractivity contribution is 7.18. The summed E-state index contributed by atoms with van der Waals surface area (Å²) in [6.07, 6.45) is -0.617. The number of aliphatic hydroxyl groups excluding tert-OH is 1. The van der Waals surface area contributed by atoms with E-state index in [-0.39, 0.29) is 12.2 Å². The SMILES string of the molecule is Cc1sc2nc(CN(Cc3ccccc3)CC(O)COCC(C)C)[nH]c(=O)c2c1C. The van der Waals surface area contributed by atoms with Crippen LogP contribution in [0.1, 0.15) is 35.7 Å². The zero-order valence-corrected chi connectivity index (χ0v) is 19.0. The third kappa shape index (κ3) is 5.98. The Labute approximate surface area is 181 Å². The summed E-state index contributed by atoms with van der Waals surface area (Å²) < 4.78 is 5.60. The van der Waals surface area contributed by atoms with Crippen molar-refractivity contribution >= 4 is 21.6 Å². The number of benzene rings is 1. The molecule has 2 N–H and O–H groups in total. The quantitative estimate of drug-likeness (QED) is 0.514. The van der Waals surface area contributed by atoms with Crippen molar-refractivity contribution in [1.29, 1.82) is 0 Å². The van der Waals surface area contributed by atoms with Gasteiger partial charge in [-0.05, 0) is 30.9 Å². The summed E-state index contributed by atoms with van der Waals surface area (Å²) in [6.45, 7) is 10.6. The lowest BCUT2D eigenvalue weighted by molar-refractivity contribution is 0.00517. The number of hydrogen-bond acceptors (Lipinski definition) is 6. The molecule has 7 heteroatoms. The summed E-state index contributed by atoms with van der Waals surface area (Å²) in [6, 6.07) is 10.1. The second-order valence-corrected chi connectivity index (χ2v) is 9.42. The van der Waals surface area contributed by atoms with E-state index < -0.39 is 6.10 Å². The summed E-state index contributed by atoms with van der Waals surface area (Å²) in [5.74, 6) is 1.04. The van der Waals surface area contributed by atoms with E-state index in [0.29, 0.717) is 43.4 Å². The molecular weight excluding hydrogens is 398 g/mol. The van der Waals surface area contributed by atoms with Crippen LogP contribution in [0.2, 0.25) is 0 Å². The fourth-order valence-electron chi connectivity index (χ4n) is 3.40. The molecule has 0 radical (unpaired) electrons. The average Bonchev–Trinajstić information content (AvgIpc) is 2.96. The number of H-pyrrole nitrogens is 1. The van der Waals surface area contributed by atoms with Crippen molar-refractivity contribution in [3.63, 3.8) is 0 Å². The van der Waals surface area contributed by atoms with Gasteiger partial charge in [0.1, 0.15) is 10.7 Å². The van der Waals surface area contributed by atoms with Gasteiger partial charge in [-0.25, -0.2) is 4.98 Å². The fourth-order valence-corrected chi connectivity index (χ4v) is 4.45. The number of ether oxygens (including phenoxy) is 1. The smallest absolute Gasteiger partial charge is 0.259 e. The van der Waals surface area contributed by atoms with Gasteiger partial charge in [0.05, 0.1) is 24.6 Å². The summed E-state index contributed by atoms with van der Waals surface area (Å²) in [5, 5.41) is 11.2. The zero-order chi connectivity index (χ0) is 21.7. The van der Waals surface area contributed by atoms with Gasteiger partial charge in [-0.3, -0.25) is 9.69 Å². The number of thiophene rings is 1. The molecule has 0 saturated carbocycles. The maximum Gasteiger partial charge on any atom is 0.259 e. The van der Waals surface area contributed by atoms with Gasteiger partial charge in [-0.2, -0.15) is 0 Å². The van der Waals surface area contributed by atoms with E-state index in [1.807, 2.05) is 32.0 Å². The number of aryl methyl sites for hydroxylation is 2. The molecule has 2 aromatic heterocycles. The Hall–Kier alpha value is -2.06. The van der Waals surface area contributed by atoms with Crippen molar-refractivity contribution < 1.29 is 9.84 Å². The monoisotopic (exact) mass is 429 g/mol. The highest BCUT2D eigenvalue weighted by Gasteiger charge is 2.17. The van der Waals surface area contributed by atoms with Gasteiger partial charge in [0.15, 0.2) is 0 Å². The molecule has 1 aromatic carbocycles. The van der Waals surface area contributed by atoms with Crippen LogP contribution in [0.15, 0.2) is 35.1 Å². The predicted molar refractivity (Wildman–Crippen MR) is 122 cm³/mol. The second-order valence-electron chi connectivity index (χ2n) is 8.22. The predicted octanol–water partition coefficient (Wildman–Crippen LogP) is 3.64. The highest BCUT2D eigenvalue weighted by atomic mass is 32.1. The van der Waals surface area contributed by atoms with E-state index in [2.05, 4.69) is 35.9 Å². The van der Waals surface area contributed by atoms with Crippen LogP contribution >= 0.6 is 11.3 Å². The number of hydrogen-bond donors (Lipinski definition) is 2. The molecule has 3 aromatic rings. The van der Waals surface area contributed by atoms with E-state index in [1.165, 1.54) is 0 Å². The third-order valence-electron chi connectivity index (χ3n) is 4.94. The van der Waals surface area contributed by atoms with E-state index in [1.54, 1.807) is 11.3 Å². The van der Waals surface area contributed by atoms with Gasteiger partial charge in [0.25, 0.3) is 5.56 Å². The molecule has 0 bridgehead atoms. The number of fused-ring (bicyclic) bond motifs is 1. The minimum atomic E-state index is -0.617. The first-order valence-corrected chi connectivity index (χ1v) is 11.2. The van der Waals surface area contributed by atoms with Crippen molar-refractivity contribution in [2.75, 3.05) is 19.8 Å². The number of nitrogens with zero attached hydrogens (tertiary/aromatic N) is 2. The lowest BCUT2D eigenvalue weighted by Crippen LogP contribution is -2.35. The fraction of sp³-hybridized carbons (Fsp3) is 0.478. The summed E-state index contributed by atoms with van der Waals surface area (Å²) in [7, 11) is 0. The molecule has 162 valence electrons. The lowest BCUT2D eigenvalue weighted by atomic mass is 10.2. The first-order valence-electron chi connectivity index (χ1n) is 10.3. The molecule has 1 atom stereocenters. The van der Waals surface area contributed by atoms with Gasteiger partial charge in [-0.15, -0.1) is 11.3 Å². The number of nitrogens with one attached hydrogen (secondary N) is 1. The van der Waals surface area contributed by atoms with Crippen LogP contribution in [0.3, 0.4) is 0 Å². The van der Waals surface area contributed by atoms with Crippen LogP contribution in [-0.2, 0) is 17.8 Å². The molecule has 0 spiro atoms. The Bertz CT molecular complexity index is 1010. The molecule has 1 unspecified atom stereocenters. The minimum Gasteiger partial charge on any atom is -0.389 e. The van der Waals surface area contributed by atoms with Crippen LogP contribution in [-0.4, -0.2) is 45.8 Å². The zero-order valence-electron chi connectivity index (χ0n) is 18.1. The van der Waals surface area contributed by atoms with Crippen LogP contribution in [0.25, 0.3) is 10.2 Å². The van der Waals surface area contributed by atoms with Crippen molar-refractivity contribution in [3.8, 4) is 0 Å². The highest BCUT2D eigenvalue weighted by Crippen LogP contribution is 2.25. The van der Waals surface area contributed by atoms with Gasteiger partial charge < -0.3 is 14.8 Å². The Morgan fingerprint density at radius 3 is 2.60 bits per heavy atom. The maximum absolute atomic E-state index is 12.6. The normalized spacial score (nSPS) is 12.9. The second kappa shape index (κ2) is 10.3. The number of rotatable bonds is 10. The van der Waals surface area contributed by atoms with Crippen molar-refractivity contribution in [1.82, 2.24) is 14.9 Å². The molecule has 0 fully saturated rings. The Morgan fingerprint density at radius 2 is 1.90 bits per heavy atom. The summed E-state index contributed by atoms with van der Waals surface area (Å²) >= 11 is 1.55. The largest absolute Gasteiger partial charge is 0.389 e. The molecule has 3 rings (SSSR count). The Morgan fingerprint density at radius 1 is 1.17 bits per heavy atom. The Balaban J connectivity index is 1.77. The van der Waals surface area contributed by atoms with E-state index in [0.717, 1.165) is 20.8 Å². The molecule has 2 heterocycles. The Kier molecular flexibility index (Phi) is 7.77.